The summed E-state index contributed by atoms with van der Waals surface area (Å²) < 4.78 is 57.2. The molecule has 1 aliphatic heterocycles. The van der Waals surface area contributed by atoms with Crippen LogP contribution >= 0.6 is 0 Å². The number of aromatic nitrogens is 4. The average molecular weight is 442 g/mol. The van der Waals surface area contributed by atoms with E-state index in [0.717, 1.165) is 29.1 Å². The smallest absolute Gasteiger partial charge is 0.416 e. The van der Waals surface area contributed by atoms with Gasteiger partial charge in [-0.05, 0) is 35.9 Å². The molecule has 0 amide bonds. The largest absolute Gasteiger partial charge is 0.497 e. The van der Waals surface area contributed by atoms with Gasteiger partial charge in [-0.25, -0.2) is 0 Å². The highest BCUT2D eigenvalue weighted by atomic mass is 19.4. The molecule has 0 bridgehead atoms. The van der Waals surface area contributed by atoms with Gasteiger partial charge in [-0.3, -0.25) is 4.68 Å². The highest BCUT2D eigenvalue weighted by molar-refractivity contribution is 5.59. The van der Waals surface area contributed by atoms with Gasteiger partial charge < -0.3 is 14.0 Å². The van der Waals surface area contributed by atoms with Crippen LogP contribution in [0.5, 0.6) is 5.75 Å². The zero-order valence-corrected chi connectivity index (χ0v) is 16.8. The van der Waals surface area contributed by atoms with Crippen LogP contribution in [0, 0.1) is 0 Å². The molecule has 164 valence electrons. The molecule has 3 heterocycles. The second kappa shape index (κ2) is 7.79. The van der Waals surface area contributed by atoms with E-state index in [2.05, 4.69) is 15.2 Å². The normalized spacial score (nSPS) is 16.1. The van der Waals surface area contributed by atoms with E-state index in [9.17, 15) is 13.2 Å². The molecular weight excluding hydrogens is 425 g/mol. The molecule has 2 aromatic heterocycles. The summed E-state index contributed by atoms with van der Waals surface area (Å²) in [5.74, 6) is 0.948. The van der Waals surface area contributed by atoms with Crippen molar-refractivity contribution < 1.29 is 27.2 Å². The van der Waals surface area contributed by atoms with Crippen molar-refractivity contribution in [3.8, 4) is 28.7 Å². The molecule has 0 N–H and O–H groups in total. The summed E-state index contributed by atoms with van der Waals surface area (Å²) in [6, 6.07) is 14.2. The quantitative estimate of drug-likeness (QED) is 0.448. The molecule has 0 spiro atoms. The van der Waals surface area contributed by atoms with Gasteiger partial charge in [0.05, 0.1) is 31.5 Å². The van der Waals surface area contributed by atoms with Gasteiger partial charge in [-0.15, -0.1) is 0 Å². The predicted octanol–water partition coefficient (Wildman–Crippen LogP) is 4.90. The van der Waals surface area contributed by atoms with Crippen molar-refractivity contribution in [1.29, 1.82) is 0 Å². The van der Waals surface area contributed by atoms with Crippen molar-refractivity contribution in [2.75, 3.05) is 7.11 Å². The van der Waals surface area contributed by atoms with E-state index in [-0.39, 0.29) is 23.4 Å². The van der Waals surface area contributed by atoms with Crippen molar-refractivity contribution in [2.45, 2.75) is 25.4 Å². The topological polar surface area (TPSA) is 75.2 Å². The van der Waals surface area contributed by atoms with Gasteiger partial charge in [-0.1, -0.05) is 29.4 Å². The van der Waals surface area contributed by atoms with Crippen molar-refractivity contribution in [2.24, 2.45) is 0 Å². The van der Waals surface area contributed by atoms with E-state index in [4.69, 9.17) is 14.0 Å². The van der Waals surface area contributed by atoms with Crippen LogP contribution in [0.4, 0.5) is 13.2 Å². The first kappa shape index (κ1) is 20.3. The second-order valence-electron chi connectivity index (χ2n) is 7.28. The SMILES string of the molecule is COc1ccc([C@@H]2Cn3nc(-c4nc(-c5cccc(C(F)(F)F)c5)no4)cc3CO2)cc1. The molecule has 7 nitrogen and oxygen atoms in total. The summed E-state index contributed by atoms with van der Waals surface area (Å²) >= 11 is 0. The van der Waals surface area contributed by atoms with Crippen molar-refractivity contribution in [3.05, 3.63) is 71.4 Å². The Morgan fingerprint density at radius 1 is 1.09 bits per heavy atom. The number of rotatable bonds is 4. The molecular formula is C22H17F3N4O3. The fraction of sp³-hybridized carbons (Fsp3) is 0.227. The van der Waals surface area contributed by atoms with Gasteiger partial charge in [0.2, 0.25) is 5.82 Å². The number of halogens is 3. The Kier molecular flexibility index (Phi) is 4.93. The molecule has 1 aliphatic rings. The molecule has 0 radical (unpaired) electrons. The van der Waals surface area contributed by atoms with Crippen molar-refractivity contribution in [3.63, 3.8) is 0 Å². The molecule has 0 saturated carbocycles. The monoisotopic (exact) mass is 442 g/mol. The van der Waals surface area contributed by atoms with E-state index < -0.39 is 11.7 Å². The maximum absolute atomic E-state index is 13.0. The highest BCUT2D eigenvalue weighted by Crippen LogP contribution is 2.33. The standard InChI is InChI=1S/C22H17F3N4O3/c1-30-17-7-5-13(6-8-17)19-11-29-16(12-31-19)10-18(27-29)21-26-20(28-32-21)14-3-2-4-15(9-14)22(23,24)25/h2-10,19H,11-12H2,1H3/t19-/m0/s1. The minimum atomic E-state index is -4.45. The van der Waals surface area contributed by atoms with Crippen molar-refractivity contribution >= 4 is 0 Å². The molecule has 0 saturated heterocycles. The molecule has 32 heavy (non-hydrogen) atoms. The van der Waals surface area contributed by atoms with Crippen LogP contribution in [0.15, 0.2) is 59.1 Å². The van der Waals surface area contributed by atoms with E-state index in [1.807, 2.05) is 28.9 Å². The summed E-state index contributed by atoms with van der Waals surface area (Å²) in [6.07, 6.45) is -4.63. The molecule has 0 fully saturated rings. The Bertz CT molecular complexity index is 1250. The molecule has 0 unspecified atom stereocenters. The van der Waals surface area contributed by atoms with Crippen LogP contribution in [-0.4, -0.2) is 27.0 Å². The van der Waals surface area contributed by atoms with Gasteiger partial charge in [0.25, 0.3) is 5.89 Å². The maximum Gasteiger partial charge on any atom is 0.416 e. The lowest BCUT2D eigenvalue weighted by atomic mass is 10.1. The van der Waals surface area contributed by atoms with Gasteiger partial charge in [0, 0.05) is 5.56 Å². The molecule has 1 atom stereocenters. The fourth-order valence-corrected chi connectivity index (χ4v) is 3.53. The van der Waals surface area contributed by atoms with Crippen LogP contribution < -0.4 is 4.74 Å². The van der Waals surface area contributed by atoms with E-state index >= 15 is 0 Å². The molecule has 5 rings (SSSR count). The Balaban J connectivity index is 1.37. The van der Waals surface area contributed by atoms with Crippen LogP contribution in [0.1, 0.15) is 22.9 Å². The van der Waals surface area contributed by atoms with Crippen LogP contribution in [0.25, 0.3) is 23.0 Å². The highest BCUT2D eigenvalue weighted by Gasteiger charge is 2.31. The Morgan fingerprint density at radius 2 is 1.91 bits per heavy atom. The van der Waals surface area contributed by atoms with E-state index in [0.29, 0.717) is 18.8 Å². The number of methoxy groups -OCH3 is 1. The predicted molar refractivity (Wildman–Crippen MR) is 106 cm³/mol. The lowest BCUT2D eigenvalue weighted by Crippen LogP contribution is -2.21. The summed E-state index contributed by atoms with van der Waals surface area (Å²) in [6.45, 7) is 0.842. The minimum Gasteiger partial charge on any atom is -0.497 e. The number of nitrogens with zero attached hydrogens (tertiary/aromatic N) is 4. The van der Waals surface area contributed by atoms with Gasteiger partial charge >= 0.3 is 6.18 Å². The lowest BCUT2D eigenvalue weighted by Gasteiger charge is -2.24. The Labute approximate surface area is 180 Å². The van der Waals surface area contributed by atoms with Gasteiger partial charge in [0.15, 0.2) is 5.69 Å². The van der Waals surface area contributed by atoms with Crippen LogP contribution in [0.2, 0.25) is 0 Å². The third-order valence-electron chi connectivity index (χ3n) is 5.22. The third-order valence-corrected chi connectivity index (χ3v) is 5.22. The molecule has 4 aromatic rings. The first-order valence-corrected chi connectivity index (χ1v) is 9.75. The summed E-state index contributed by atoms with van der Waals surface area (Å²) in [4.78, 5) is 4.24. The van der Waals surface area contributed by atoms with Crippen LogP contribution in [-0.2, 0) is 24.1 Å². The number of ether oxygens (including phenoxy) is 2. The number of hydrogen-bond acceptors (Lipinski definition) is 6. The fourth-order valence-electron chi connectivity index (χ4n) is 3.53. The average Bonchev–Trinajstić information content (AvgIpc) is 3.45. The minimum absolute atomic E-state index is 0.0597. The summed E-state index contributed by atoms with van der Waals surface area (Å²) in [5, 5.41) is 8.36. The van der Waals surface area contributed by atoms with Gasteiger partial charge in [0.1, 0.15) is 11.9 Å². The molecule has 2 aromatic carbocycles. The second-order valence-corrected chi connectivity index (χ2v) is 7.28. The summed E-state index contributed by atoms with van der Waals surface area (Å²) in [7, 11) is 1.61. The van der Waals surface area contributed by atoms with Gasteiger partial charge in [-0.2, -0.15) is 23.3 Å². The first-order chi connectivity index (χ1) is 15.4. The molecule has 10 heteroatoms. The number of benzene rings is 2. The molecule has 0 aliphatic carbocycles. The zero-order valence-electron chi connectivity index (χ0n) is 16.8. The number of fused-ring (bicyclic) bond motifs is 1. The first-order valence-electron chi connectivity index (χ1n) is 9.75. The zero-order chi connectivity index (χ0) is 22.3. The van der Waals surface area contributed by atoms with Crippen molar-refractivity contribution in [1.82, 2.24) is 19.9 Å². The van der Waals surface area contributed by atoms with Crippen LogP contribution in [0.3, 0.4) is 0 Å². The Morgan fingerprint density at radius 3 is 2.66 bits per heavy atom. The maximum atomic E-state index is 13.0. The third kappa shape index (κ3) is 3.84. The van der Waals surface area contributed by atoms with E-state index in [1.54, 1.807) is 13.2 Å². The summed E-state index contributed by atoms with van der Waals surface area (Å²) in [5.41, 5.74) is 1.70. The Hall–Kier alpha value is -3.66. The number of hydrogen-bond donors (Lipinski definition) is 0. The van der Waals surface area contributed by atoms with E-state index in [1.165, 1.54) is 12.1 Å². The number of alkyl halides is 3. The lowest BCUT2D eigenvalue weighted by molar-refractivity contribution is -0.137.